The maximum atomic E-state index is 4.61. The molecule has 0 saturated heterocycles. The SMILES string of the molecule is CCCc1cc(NCc2nnc3ccccn23)n2nccc2n1. The van der Waals surface area contributed by atoms with Crippen molar-refractivity contribution in [3.63, 3.8) is 0 Å². The highest BCUT2D eigenvalue weighted by Crippen LogP contribution is 2.15. The van der Waals surface area contributed by atoms with Crippen molar-refractivity contribution in [2.75, 3.05) is 5.32 Å². The van der Waals surface area contributed by atoms with Crippen LogP contribution in [0.2, 0.25) is 0 Å². The van der Waals surface area contributed by atoms with E-state index in [1.165, 1.54) is 0 Å². The Bertz CT molecular complexity index is 953. The largest absolute Gasteiger partial charge is 0.363 e. The lowest BCUT2D eigenvalue weighted by Gasteiger charge is -2.09. The standard InChI is InChI=1S/C16H17N7/c1-2-5-12-10-15(23-13(19-12)7-8-18-23)17-11-16-21-20-14-6-3-4-9-22(14)16/h3-4,6-10,17H,2,5,11H2,1H3. The molecule has 1 N–H and O–H groups in total. The molecule has 4 heterocycles. The van der Waals surface area contributed by atoms with Gasteiger partial charge in [0.2, 0.25) is 0 Å². The van der Waals surface area contributed by atoms with Gasteiger partial charge in [0.05, 0.1) is 12.7 Å². The normalized spacial score (nSPS) is 11.3. The van der Waals surface area contributed by atoms with E-state index in [0.717, 1.165) is 41.5 Å². The Kier molecular flexibility index (Phi) is 3.38. The van der Waals surface area contributed by atoms with Gasteiger partial charge < -0.3 is 5.32 Å². The van der Waals surface area contributed by atoms with Crippen LogP contribution in [0.1, 0.15) is 24.9 Å². The third-order valence-corrected chi connectivity index (χ3v) is 3.73. The summed E-state index contributed by atoms with van der Waals surface area (Å²) < 4.78 is 3.78. The quantitative estimate of drug-likeness (QED) is 0.612. The molecule has 0 saturated carbocycles. The molecule has 0 fully saturated rings. The minimum absolute atomic E-state index is 0.565. The molecule has 0 radical (unpaired) electrons. The first-order valence-electron chi connectivity index (χ1n) is 7.71. The summed E-state index contributed by atoms with van der Waals surface area (Å²) in [7, 11) is 0. The van der Waals surface area contributed by atoms with Gasteiger partial charge in [0.1, 0.15) is 5.82 Å². The summed E-state index contributed by atoms with van der Waals surface area (Å²) in [6, 6.07) is 9.82. The van der Waals surface area contributed by atoms with Gasteiger partial charge in [-0.3, -0.25) is 4.40 Å². The lowest BCUT2D eigenvalue weighted by Crippen LogP contribution is -2.09. The Morgan fingerprint density at radius 1 is 1.13 bits per heavy atom. The first kappa shape index (κ1) is 13.7. The molecule has 0 amide bonds. The van der Waals surface area contributed by atoms with Crippen molar-refractivity contribution in [2.45, 2.75) is 26.3 Å². The second-order valence-electron chi connectivity index (χ2n) is 5.38. The molecular weight excluding hydrogens is 290 g/mol. The van der Waals surface area contributed by atoms with Gasteiger partial charge in [0.15, 0.2) is 17.1 Å². The molecular formula is C16H17N7. The summed E-state index contributed by atoms with van der Waals surface area (Å²) in [6.45, 7) is 2.72. The van der Waals surface area contributed by atoms with Crippen molar-refractivity contribution in [3.05, 3.63) is 54.2 Å². The van der Waals surface area contributed by atoms with E-state index in [-0.39, 0.29) is 0 Å². The molecule has 0 aliphatic carbocycles. The minimum Gasteiger partial charge on any atom is -0.363 e. The van der Waals surface area contributed by atoms with Crippen LogP contribution in [0.5, 0.6) is 0 Å². The topological polar surface area (TPSA) is 72.4 Å². The first-order chi connectivity index (χ1) is 11.3. The summed E-state index contributed by atoms with van der Waals surface area (Å²) in [5, 5.41) is 16.1. The number of rotatable bonds is 5. The number of anilines is 1. The lowest BCUT2D eigenvalue weighted by atomic mass is 10.2. The van der Waals surface area contributed by atoms with Crippen LogP contribution in [-0.2, 0) is 13.0 Å². The van der Waals surface area contributed by atoms with Crippen molar-refractivity contribution >= 4 is 17.1 Å². The molecule has 0 unspecified atom stereocenters. The van der Waals surface area contributed by atoms with Gasteiger partial charge in [0.25, 0.3) is 0 Å². The zero-order valence-electron chi connectivity index (χ0n) is 12.8. The molecule has 4 aromatic rings. The second kappa shape index (κ2) is 5.68. The van der Waals surface area contributed by atoms with Crippen molar-refractivity contribution in [2.24, 2.45) is 0 Å². The number of aromatic nitrogens is 6. The van der Waals surface area contributed by atoms with Crippen LogP contribution in [0.3, 0.4) is 0 Å². The van der Waals surface area contributed by atoms with Crippen LogP contribution in [0.25, 0.3) is 11.3 Å². The molecule has 4 aromatic heterocycles. The van der Waals surface area contributed by atoms with Crippen LogP contribution in [0.4, 0.5) is 5.82 Å². The fourth-order valence-electron chi connectivity index (χ4n) is 2.66. The Morgan fingerprint density at radius 3 is 3.00 bits per heavy atom. The first-order valence-corrected chi connectivity index (χ1v) is 7.71. The van der Waals surface area contributed by atoms with E-state index in [1.54, 1.807) is 6.20 Å². The van der Waals surface area contributed by atoms with Gasteiger partial charge in [-0.1, -0.05) is 19.4 Å². The molecule has 23 heavy (non-hydrogen) atoms. The summed E-state index contributed by atoms with van der Waals surface area (Å²) in [5.41, 5.74) is 2.76. The summed E-state index contributed by atoms with van der Waals surface area (Å²) in [4.78, 5) is 4.61. The molecule has 4 rings (SSSR count). The molecule has 0 spiro atoms. The van der Waals surface area contributed by atoms with E-state index in [2.05, 4.69) is 32.5 Å². The van der Waals surface area contributed by atoms with Crippen LogP contribution >= 0.6 is 0 Å². The monoisotopic (exact) mass is 307 g/mol. The molecule has 0 aromatic carbocycles. The lowest BCUT2D eigenvalue weighted by molar-refractivity contribution is 0.846. The van der Waals surface area contributed by atoms with E-state index in [4.69, 9.17) is 0 Å². The van der Waals surface area contributed by atoms with Crippen molar-refractivity contribution in [3.8, 4) is 0 Å². The Hall–Kier alpha value is -2.96. The number of nitrogens with zero attached hydrogens (tertiary/aromatic N) is 6. The number of aryl methyl sites for hydroxylation is 1. The fraction of sp³-hybridized carbons (Fsp3) is 0.250. The Balaban J connectivity index is 1.65. The average molecular weight is 307 g/mol. The summed E-state index contributed by atoms with van der Waals surface area (Å²) in [5.74, 6) is 1.77. The van der Waals surface area contributed by atoms with E-state index < -0.39 is 0 Å². The molecule has 116 valence electrons. The van der Waals surface area contributed by atoms with Crippen LogP contribution in [-0.4, -0.2) is 29.2 Å². The highest BCUT2D eigenvalue weighted by molar-refractivity contribution is 5.49. The number of hydrogen-bond acceptors (Lipinski definition) is 5. The number of fused-ring (bicyclic) bond motifs is 2. The van der Waals surface area contributed by atoms with Gasteiger partial charge in [-0.15, -0.1) is 10.2 Å². The van der Waals surface area contributed by atoms with Gasteiger partial charge in [-0.25, -0.2) is 4.98 Å². The van der Waals surface area contributed by atoms with Crippen molar-refractivity contribution in [1.29, 1.82) is 0 Å². The molecule has 0 aliphatic heterocycles. The smallest absolute Gasteiger partial charge is 0.160 e. The number of hydrogen-bond donors (Lipinski definition) is 1. The van der Waals surface area contributed by atoms with Crippen molar-refractivity contribution < 1.29 is 0 Å². The highest BCUT2D eigenvalue weighted by atomic mass is 15.3. The van der Waals surface area contributed by atoms with Crippen LogP contribution in [0, 0.1) is 0 Å². The molecule has 0 bridgehead atoms. The zero-order valence-corrected chi connectivity index (χ0v) is 12.8. The predicted molar refractivity (Wildman–Crippen MR) is 87.3 cm³/mol. The summed E-state index contributed by atoms with van der Waals surface area (Å²) in [6.07, 6.45) is 5.73. The van der Waals surface area contributed by atoms with Gasteiger partial charge in [-0.2, -0.15) is 9.61 Å². The van der Waals surface area contributed by atoms with Crippen molar-refractivity contribution in [1.82, 2.24) is 29.2 Å². The van der Waals surface area contributed by atoms with E-state index >= 15 is 0 Å². The molecule has 7 heteroatoms. The highest BCUT2D eigenvalue weighted by Gasteiger charge is 2.08. The second-order valence-corrected chi connectivity index (χ2v) is 5.38. The minimum atomic E-state index is 0.565. The maximum Gasteiger partial charge on any atom is 0.160 e. The Morgan fingerprint density at radius 2 is 2.09 bits per heavy atom. The van der Waals surface area contributed by atoms with Gasteiger partial charge in [0, 0.05) is 24.0 Å². The van der Waals surface area contributed by atoms with Crippen LogP contribution in [0.15, 0.2) is 42.7 Å². The van der Waals surface area contributed by atoms with E-state index in [9.17, 15) is 0 Å². The predicted octanol–water partition coefficient (Wildman–Crippen LogP) is 2.34. The van der Waals surface area contributed by atoms with Gasteiger partial charge in [-0.05, 0) is 18.6 Å². The van der Waals surface area contributed by atoms with E-state index in [0.29, 0.717) is 6.54 Å². The number of pyridine rings is 1. The third kappa shape index (κ3) is 2.50. The Labute approximate surface area is 133 Å². The summed E-state index contributed by atoms with van der Waals surface area (Å²) >= 11 is 0. The van der Waals surface area contributed by atoms with E-state index in [1.807, 2.05) is 45.4 Å². The average Bonchev–Trinajstić information content (AvgIpc) is 3.19. The zero-order chi connectivity index (χ0) is 15.6. The fourth-order valence-corrected chi connectivity index (χ4v) is 2.66. The molecule has 7 nitrogen and oxygen atoms in total. The maximum absolute atomic E-state index is 4.61. The third-order valence-electron chi connectivity index (χ3n) is 3.73. The molecule has 0 aliphatic rings. The van der Waals surface area contributed by atoms with Gasteiger partial charge >= 0.3 is 0 Å². The molecule has 0 atom stereocenters. The number of nitrogens with one attached hydrogen (secondary N) is 1. The van der Waals surface area contributed by atoms with Crippen LogP contribution < -0.4 is 5.32 Å².